The van der Waals surface area contributed by atoms with Crippen molar-refractivity contribution in [2.24, 2.45) is 5.92 Å². The Morgan fingerprint density at radius 2 is 0.841 bits per heavy atom. The molecule has 0 aromatic heterocycles. The van der Waals surface area contributed by atoms with Crippen molar-refractivity contribution < 1.29 is 24.2 Å². The fourth-order valence-corrected chi connectivity index (χ4v) is 5.86. The smallest absolute Gasteiger partial charge is 0.306 e. The summed E-state index contributed by atoms with van der Waals surface area (Å²) in [6, 6.07) is 0. The van der Waals surface area contributed by atoms with E-state index in [4.69, 9.17) is 9.47 Å². The zero-order chi connectivity index (χ0) is 32.4. The molecular weight excluding hydrogens is 548 g/mol. The summed E-state index contributed by atoms with van der Waals surface area (Å²) >= 11 is 0. The highest BCUT2D eigenvalue weighted by atomic mass is 16.6. The summed E-state index contributed by atoms with van der Waals surface area (Å²) in [6.45, 7) is 6.49. The third kappa shape index (κ3) is 33.8. The molecule has 0 aliphatic heterocycles. The lowest BCUT2D eigenvalue weighted by Gasteiger charge is -2.15. The zero-order valence-corrected chi connectivity index (χ0v) is 29.9. The summed E-state index contributed by atoms with van der Waals surface area (Å²) in [6.07, 6.45) is 35.9. The van der Waals surface area contributed by atoms with Gasteiger partial charge in [-0.25, -0.2) is 0 Å². The van der Waals surface area contributed by atoms with Crippen LogP contribution in [0.4, 0.5) is 0 Å². The molecule has 0 amide bonds. The first-order valence-electron chi connectivity index (χ1n) is 19.5. The standard InChI is InChI=1S/C39H76O5/c1-4-5-6-7-8-9-10-11-12-13-14-15-16-20-23-26-29-32-38(41)43-35-37(34-40)44-39(42)33-30-27-24-21-18-17-19-22-25-28-31-36(2)3/h36-37,40H,4-35H2,1-3H3/t37-/m0/s1. The van der Waals surface area contributed by atoms with Crippen LogP contribution < -0.4 is 0 Å². The van der Waals surface area contributed by atoms with Gasteiger partial charge in [0.25, 0.3) is 0 Å². The maximum atomic E-state index is 12.1. The molecule has 1 atom stereocenters. The van der Waals surface area contributed by atoms with Crippen LogP contribution in [-0.4, -0.2) is 36.4 Å². The minimum Gasteiger partial charge on any atom is -0.462 e. The van der Waals surface area contributed by atoms with Gasteiger partial charge in [0.2, 0.25) is 0 Å². The highest BCUT2D eigenvalue weighted by molar-refractivity contribution is 5.70. The van der Waals surface area contributed by atoms with Crippen LogP contribution in [0.15, 0.2) is 0 Å². The molecule has 0 bridgehead atoms. The molecule has 0 saturated carbocycles. The molecule has 5 nitrogen and oxygen atoms in total. The van der Waals surface area contributed by atoms with Gasteiger partial charge in [-0.3, -0.25) is 9.59 Å². The minimum absolute atomic E-state index is 0.0580. The number of aliphatic hydroxyl groups excluding tert-OH is 1. The lowest BCUT2D eigenvalue weighted by atomic mass is 10.0. The number of carbonyl (C=O) groups is 2. The van der Waals surface area contributed by atoms with Crippen molar-refractivity contribution >= 4 is 11.9 Å². The summed E-state index contributed by atoms with van der Waals surface area (Å²) in [5.74, 6) is 0.248. The Morgan fingerprint density at radius 1 is 0.500 bits per heavy atom. The van der Waals surface area contributed by atoms with E-state index in [2.05, 4.69) is 20.8 Å². The van der Waals surface area contributed by atoms with Gasteiger partial charge >= 0.3 is 11.9 Å². The summed E-state index contributed by atoms with van der Waals surface area (Å²) in [4.78, 5) is 24.2. The van der Waals surface area contributed by atoms with Crippen molar-refractivity contribution in [3.63, 3.8) is 0 Å². The first-order valence-corrected chi connectivity index (χ1v) is 19.5. The molecule has 0 aliphatic rings. The van der Waals surface area contributed by atoms with Crippen LogP contribution in [0.5, 0.6) is 0 Å². The Kier molecular flexibility index (Phi) is 33.9. The van der Waals surface area contributed by atoms with Crippen molar-refractivity contribution in [3.8, 4) is 0 Å². The van der Waals surface area contributed by atoms with E-state index in [1.54, 1.807) is 0 Å². The molecule has 5 heteroatoms. The van der Waals surface area contributed by atoms with Gasteiger partial charge in [0.1, 0.15) is 6.61 Å². The number of unbranched alkanes of at least 4 members (excludes halogenated alkanes) is 25. The number of rotatable bonds is 35. The Bertz CT molecular complexity index is 605. The molecule has 1 N–H and O–H groups in total. The molecule has 0 unspecified atom stereocenters. The van der Waals surface area contributed by atoms with E-state index in [0.717, 1.165) is 38.0 Å². The Hall–Kier alpha value is -1.10. The van der Waals surface area contributed by atoms with Crippen LogP contribution in [0, 0.1) is 5.92 Å². The Labute approximate surface area is 274 Å². The quantitative estimate of drug-likeness (QED) is 0.0561. The first-order chi connectivity index (χ1) is 21.5. The summed E-state index contributed by atoms with van der Waals surface area (Å²) in [5, 5.41) is 9.54. The van der Waals surface area contributed by atoms with Gasteiger partial charge < -0.3 is 14.6 Å². The van der Waals surface area contributed by atoms with Crippen molar-refractivity contribution in [3.05, 3.63) is 0 Å². The minimum atomic E-state index is -0.762. The average molecular weight is 625 g/mol. The molecule has 0 radical (unpaired) electrons. The maximum Gasteiger partial charge on any atom is 0.306 e. The van der Waals surface area contributed by atoms with Crippen molar-refractivity contribution in [2.75, 3.05) is 13.2 Å². The number of hydrogen-bond acceptors (Lipinski definition) is 5. The van der Waals surface area contributed by atoms with E-state index >= 15 is 0 Å². The Morgan fingerprint density at radius 3 is 1.20 bits per heavy atom. The van der Waals surface area contributed by atoms with E-state index in [0.29, 0.717) is 12.8 Å². The van der Waals surface area contributed by atoms with Crippen LogP contribution in [0.2, 0.25) is 0 Å². The number of hydrogen-bond donors (Lipinski definition) is 1. The van der Waals surface area contributed by atoms with E-state index < -0.39 is 6.10 Å². The van der Waals surface area contributed by atoms with Gasteiger partial charge in [0.15, 0.2) is 6.10 Å². The second kappa shape index (κ2) is 34.8. The maximum absolute atomic E-state index is 12.1. The molecule has 0 rings (SSSR count). The topological polar surface area (TPSA) is 72.8 Å². The second-order valence-electron chi connectivity index (χ2n) is 13.9. The SMILES string of the molecule is CCCCCCCCCCCCCCCCCCCC(=O)OC[C@H](CO)OC(=O)CCCCCCCCCCCCC(C)C. The van der Waals surface area contributed by atoms with E-state index in [1.807, 2.05) is 0 Å². The number of ether oxygens (including phenoxy) is 2. The average Bonchev–Trinajstić information content (AvgIpc) is 3.01. The number of esters is 2. The highest BCUT2D eigenvalue weighted by Gasteiger charge is 2.16. The summed E-state index contributed by atoms with van der Waals surface area (Å²) in [5.41, 5.74) is 0. The second-order valence-corrected chi connectivity index (χ2v) is 13.9. The summed E-state index contributed by atoms with van der Waals surface area (Å²) in [7, 11) is 0. The van der Waals surface area contributed by atoms with Crippen molar-refractivity contribution in [2.45, 2.75) is 219 Å². The molecule has 0 fully saturated rings. The predicted molar refractivity (Wildman–Crippen MR) is 187 cm³/mol. The third-order valence-electron chi connectivity index (χ3n) is 8.83. The van der Waals surface area contributed by atoms with Gasteiger partial charge in [0, 0.05) is 12.8 Å². The van der Waals surface area contributed by atoms with Gasteiger partial charge in [-0.15, -0.1) is 0 Å². The van der Waals surface area contributed by atoms with Crippen LogP contribution >= 0.6 is 0 Å². The number of aliphatic hydroxyl groups is 1. The van der Waals surface area contributed by atoms with Crippen LogP contribution in [0.25, 0.3) is 0 Å². The zero-order valence-electron chi connectivity index (χ0n) is 29.9. The monoisotopic (exact) mass is 625 g/mol. The molecule has 0 aromatic carbocycles. The molecule has 0 saturated heterocycles. The fraction of sp³-hybridized carbons (Fsp3) is 0.949. The first kappa shape index (κ1) is 42.9. The van der Waals surface area contributed by atoms with E-state index in [1.165, 1.54) is 148 Å². The van der Waals surface area contributed by atoms with Crippen LogP contribution in [-0.2, 0) is 19.1 Å². The van der Waals surface area contributed by atoms with Crippen LogP contribution in [0.3, 0.4) is 0 Å². The van der Waals surface area contributed by atoms with Gasteiger partial charge in [0.05, 0.1) is 6.61 Å². The summed E-state index contributed by atoms with van der Waals surface area (Å²) < 4.78 is 10.6. The van der Waals surface area contributed by atoms with Gasteiger partial charge in [-0.1, -0.05) is 188 Å². The van der Waals surface area contributed by atoms with Crippen molar-refractivity contribution in [1.82, 2.24) is 0 Å². The Balaban J connectivity index is 3.49. The normalized spacial score (nSPS) is 12.1. The lowest BCUT2D eigenvalue weighted by Crippen LogP contribution is -2.28. The molecule has 0 spiro atoms. The largest absolute Gasteiger partial charge is 0.462 e. The van der Waals surface area contributed by atoms with Crippen molar-refractivity contribution in [1.29, 1.82) is 0 Å². The van der Waals surface area contributed by atoms with E-state index in [-0.39, 0.29) is 25.2 Å². The lowest BCUT2D eigenvalue weighted by molar-refractivity contribution is -0.161. The number of carbonyl (C=O) groups excluding carboxylic acids is 2. The fourth-order valence-electron chi connectivity index (χ4n) is 5.86. The predicted octanol–water partition coefficient (Wildman–Crippen LogP) is 11.8. The van der Waals surface area contributed by atoms with Crippen LogP contribution in [0.1, 0.15) is 213 Å². The molecule has 0 aromatic rings. The highest BCUT2D eigenvalue weighted by Crippen LogP contribution is 2.16. The van der Waals surface area contributed by atoms with E-state index in [9.17, 15) is 14.7 Å². The van der Waals surface area contributed by atoms with Gasteiger partial charge in [-0.05, 0) is 18.8 Å². The van der Waals surface area contributed by atoms with Gasteiger partial charge in [-0.2, -0.15) is 0 Å². The third-order valence-corrected chi connectivity index (χ3v) is 8.83. The molecule has 262 valence electrons. The molecule has 0 heterocycles. The molecular formula is C39H76O5. The molecule has 0 aliphatic carbocycles. The molecule has 44 heavy (non-hydrogen) atoms.